The molecule has 2 N–H and O–H groups in total. The van der Waals surface area contributed by atoms with Gasteiger partial charge in [-0.2, -0.15) is 5.26 Å². The Kier molecular flexibility index (Phi) is 4.79. The highest BCUT2D eigenvalue weighted by Crippen LogP contribution is 2.17. The molecule has 0 aromatic heterocycles. The summed E-state index contributed by atoms with van der Waals surface area (Å²) >= 11 is 0. The molecule has 1 aliphatic carbocycles. The van der Waals surface area contributed by atoms with Crippen LogP contribution in [-0.4, -0.2) is 12.1 Å². The number of carbonyl (C=O) groups is 1. The highest BCUT2D eigenvalue weighted by atomic mass is 16.2. The van der Waals surface area contributed by atoms with Gasteiger partial charge in [-0.3, -0.25) is 0 Å². The molecule has 2 rings (SSSR count). The van der Waals surface area contributed by atoms with Crippen molar-refractivity contribution in [2.24, 2.45) is 0 Å². The van der Waals surface area contributed by atoms with E-state index in [0.29, 0.717) is 12.5 Å². The van der Waals surface area contributed by atoms with Crippen molar-refractivity contribution in [2.75, 3.05) is 5.32 Å². The lowest BCUT2D eigenvalue weighted by Crippen LogP contribution is -2.38. The molecule has 1 fully saturated rings. The van der Waals surface area contributed by atoms with Crippen LogP contribution in [0.5, 0.6) is 0 Å². The van der Waals surface area contributed by atoms with Gasteiger partial charge in [-0.25, -0.2) is 4.79 Å². The highest BCUT2D eigenvalue weighted by Gasteiger charge is 2.15. The lowest BCUT2D eigenvalue weighted by molar-refractivity contribution is 0.244. The first-order valence-corrected chi connectivity index (χ1v) is 6.81. The van der Waals surface area contributed by atoms with Gasteiger partial charge in [-0.1, -0.05) is 31.4 Å². The number of nitriles is 1. The monoisotopic (exact) mass is 257 g/mol. The molecular formula is C15H19N3O. The van der Waals surface area contributed by atoms with Crippen molar-refractivity contribution in [3.05, 3.63) is 29.8 Å². The fourth-order valence-corrected chi connectivity index (χ4v) is 2.40. The molecule has 0 heterocycles. The van der Waals surface area contributed by atoms with Crippen LogP contribution < -0.4 is 10.6 Å². The highest BCUT2D eigenvalue weighted by molar-refractivity contribution is 5.89. The Bertz CT molecular complexity index is 455. The Balaban J connectivity index is 1.82. The van der Waals surface area contributed by atoms with Crippen molar-refractivity contribution in [1.29, 1.82) is 5.26 Å². The molecule has 2 amide bonds. The largest absolute Gasteiger partial charge is 0.335 e. The quantitative estimate of drug-likeness (QED) is 0.873. The average Bonchev–Trinajstić information content (AvgIpc) is 2.42. The molecule has 1 aromatic carbocycles. The molecule has 1 aliphatic rings. The van der Waals surface area contributed by atoms with Crippen molar-refractivity contribution >= 4 is 11.7 Å². The molecule has 0 aliphatic heterocycles. The van der Waals surface area contributed by atoms with E-state index in [-0.39, 0.29) is 6.03 Å². The maximum Gasteiger partial charge on any atom is 0.319 e. The number of anilines is 1. The van der Waals surface area contributed by atoms with Crippen LogP contribution in [0.1, 0.15) is 37.7 Å². The summed E-state index contributed by atoms with van der Waals surface area (Å²) in [6.45, 7) is 0. The predicted octanol–water partition coefficient (Wildman–Crippen LogP) is 3.21. The summed E-state index contributed by atoms with van der Waals surface area (Å²) in [5, 5.41) is 14.4. The number of nitrogens with zero attached hydrogens (tertiary/aromatic N) is 1. The van der Waals surface area contributed by atoms with Crippen LogP contribution in [0, 0.1) is 11.3 Å². The second kappa shape index (κ2) is 6.79. The normalized spacial score (nSPS) is 15.5. The van der Waals surface area contributed by atoms with Crippen LogP contribution in [0.4, 0.5) is 10.5 Å². The van der Waals surface area contributed by atoms with Crippen LogP contribution in [0.3, 0.4) is 0 Å². The SMILES string of the molecule is N#CCc1ccc(NC(=O)NC2CCCCC2)cc1. The van der Waals surface area contributed by atoms with Gasteiger partial charge in [0, 0.05) is 11.7 Å². The van der Waals surface area contributed by atoms with Crippen LogP contribution >= 0.6 is 0 Å². The number of rotatable bonds is 3. The van der Waals surface area contributed by atoms with Crippen molar-refractivity contribution < 1.29 is 4.79 Å². The van der Waals surface area contributed by atoms with Crippen molar-refractivity contribution in [1.82, 2.24) is 5.32 Å². The zero-order valence-electron chi connectivity index (χ0n) is 11.0. The molecule has 1 saturated carbocycles. The number of nitrogens with one attached hydrogen (secondary N) is 2. The van der Waals surface area contributed by atoms with Gasteiger partial charge in [-0.15, -0.1) is 0 Å². The maximum atomic E-state index is 11.8. The molecule has 0 spiro atoms. The summed E-state index contributed by atoms with van der Waals surface area (Å²) in [6, 6.07) is 9.65. The number of urea groups is 1. The van der Waals surface area contributed by atoms with E-state index in [9.17, 15) is 4.79 Å². The molecular weight excluding hydrogens is 238 g/mol. The Morgan fingerprint density at radius 1 is 1.21 bits per heavy atom. The van der Waals surface area contributed by atoms with E-state index < -0.39 is 0 Å². The average molecular weight is 257 g/mol. The van der Waals surface area contributed by atoms with Gasteiger partial charge in [-0.05, 0) is 30.5 Å². The zero-order valence-corrected chi connectivity index (χ0v) is 11.0. The second-order valence-corrected chi connectivity index (χ2v) is 4.97. The maximum absolute atomic E-state index is 11.8. The fraction of sp³-hybridized carbons (Fsp3) is 0.467. The summed E-state index contributed by atoms with van der Waals surface area (Å²) in [7, 11) is 0. The fourth-order valence-electron chi connectivity index (χ4n) is 2.40. The molecule has 100 valence electrons. The van der Waals surface area contributed by atoms with Gasteiger partial charge in [0.25, 0.3) is 0 Å². The van der Waals surface area contributed by atoms with Gasteiger partial charge in [0.2, 0.25) is 0 Å². The van der Waals surface area contributed by atoms with Crippen LogP contribution in [0.15, 0.2) is 24.3 Å². The van der Waals surface area contributed by atoms with Gasteiger partial charge in [0.15, 0.2) is 0 Å². The number of carbonyl (C=O) groups excluding carboxylic acids is 1. The van der Waals surface area contributed by atoms with E-state index >= 15 is 0 Å². The zero-order chi connectivity index (χ0) is 13.5. The summed E-state index contributed by atoms with van der Waals surface area (Å²) in [4.78, 5) is 11.8. The molecule has 4 heteroatoms. The molecule has 0 atom stereocenters. The Hall–Kier alpha value is -2.02. The van der Waals surface area contributed by atoms with E-state index in [2.05, 4.69) is 16.7 Å². The third-order valence-electron chi connectivity index (χ3n) is 3.44. The molecule has 0 saturated heterocycles. The van der Waals surface area contributed by atoms with E-state index in [4.69, 9.17) is 5.26 Å². The van der Waals surface area contributed by atoms with Gasteiger partial charge in [0.05, 0.1) is 12.5 Å². The van der Waals surface area contributed by atoms with E-state index in [1.807, 2.05) is 24.3 Å². The number of hydrogen-bond donors (Lipinski definition) is 2. The van der Waals surface area contributed by atoms with E-state index in [1.165, 1.54) is 19.3 Å². The Labute approximate surface area is 113 Å². The third kappa shape index (κ3) is 4.29. The molecule has 0 radical (unpaired) electrons. The van der Waals surface area contributed by atoms with E-state index in [1.54, 1.807) is 0 Å². The molecule has 0 bridgehead atoms. The first kappa shape index (κ1) is 13.4. The first-order chi connectivity index (χ1) is 9.28. The van der Waals surface area contributed by atoms with E-state index in [0.717, 1.165) is 24.1 Å². The minimum Gasteiger partial charge on any atom is -0.335 e. The predicted molar refractivity (Wildman–Crippen MR) is 74.8 cm³/mol. The third-order valence-corrected chi connectivity index (χ3v) is 3.44. The van der Waals surface area contributed by atoms with Crippen LogP contribution in [0.2, 0.25) is 0 Å². The van der Waals surface area contributed by atoms with Crippen molar-refractivity contribution in [3.63, 3.8) is 0 Å². The standard InChI is InChI=1S/C15H19N3O/c16-11-10-12-6-8-14(9-7-12)18-15(19)17-13-4-2-1-3-5-13/h6-9,13H,1-5,10H2,(H2,17,18,19). The number of benzene rings is 1. The number of hydrogen-bond acceptors (Lipinski definition) is 2. The van der Waals surface area contributed by atoms with Gasteiger partial charge in [0.1, 0.15) is 0 Å². The van der Waals surface area contributed by atoms with Crippen LogP contribution in [-0.2, 0) is 6.42 Å². The summed E-state index contributed by atoms with van der Waals surface area (Å²) in [6.07, 6.45) is 6.24. The van der Waals surface area contributed by atoms with Crippen molar-refractivity contribution in [3.8, 4) is 6.07 Å². The van der Waals surface area contributed by atoms with Gasteiger partial charge >= 0.3 is 6.03 Å². The first-order valence-electron chi connectivity index (χ1n) is 6.81. The van der Waals surface area contributed by atoms with Crippen LogP contribution in [0.25, 0.3) is 0 Å². The Morgan fingerprint density at radius 3 is 2.53 bits per heavy atom. The topological polar surface area (TPSA) is 64.9 Å². The summed E-state index contributed by atoms with van der Waals surface area (Å²) in [5.41, 5.74) is 1.72. The Morgan fingerprint density at radius 2 is 1.89 bits per heavy atom. The minimum atomic E-state index is -0.139. The molecule has 0 unspecified atom stereocenters. The molecule has 1 aromatic rings. The van der Waals surface area contributed by atoms with Gasteiger partial charge < -0.3 is 10.6 Å². The second-order valence-electron chi connectivity index (χ2n) is 4.97. The summed E-state index contributed by atoms with van der Waals surface area (Å²) < 4.78 is 0. The lowest BCUT2D eigenvalue weighted by atomic mass is 9.96. The smallest absolute Gasteiger partial charge is 0.319 e. The lowest BCUT2D eigenvalue weighted by Gasteiger charge is -2.22. The molecule has 19 heavy (non-hydrogen) atoms. The molecule has 4 nitrogen and oxygen atoms in total. The number of amides is 2. The van der Waals surface area contributed by atoms with Crippen molar-refractivity contribution in [2.45, 2.75) is 44.6 Å². The summed E-state index contributed by atoms with van der Waals surface area (Å²) in [5.74, 6) is 0. The minimum absolute atomic E-state index is 0.139.